The number of nitrogens with zero attached hydrogens (tertiary/aromatic N) is 3. The van der Waals surface area contributed by atoms with E-state index in [4.69, 9.17) is 0 Å². The molecular formula is C19H13F2N5O2. The molecular weight excluding hydrogens is 368 g/mol. The maximum atomic E-state index is 14.2. The zero-order valence-electron chi connectivity index (χ0n) is 14.4. The molecule has 0 aliphatic carbocycles. The molecule has 3 heterocycles. The number of rotatable bonds is 5. The van der Waals surface area contributed by atoms with Crippen LogP contribution in [0.25, 0.3) is 11.4 Å². The van der Waals surface area contributed by atoms with Crippen LogP contribution in [0.4, 0.5) is 20.3 Å². The van der Waals surface area contributed by atoms with Crippen LogP contribution in [0.2, 0.25) is 0 Å². The van der Waals surface area contributed by atoms with Gasteiger partial charge in [0.25, 0.3) is 5.91 Å². The summed E-state index contributed by atoms with van der Waals surface area (Å²) in [7, 11) is 0. The van der Waals surface area contributed by atoms with Gasteiger partial charge in [0.2, 0.25) is 0 Å². The van der Waals surface area contributed by atoms with Crippen molar-refractivity contribution in [3.63, 3.8) is 0 Å². The Morgan fingerprint density at radius 2 is 1.89 bits per heavy atom. The number of benzene rings is 1. The van der Waals surface area contributed by atoms with Crippen LogP contribution in [0.5, 0.6) is 0 Å². The molecule has 7 nitrogen and oxygen atoms in total. The molecule has 2 aromatic heterocycles. The van der Waals surface area contributed by atoms with Crippen molar-refractivity contribution >= 4 is 23.7 Å². The summed E-state index contributed by atoms with van der Waals surface area (Å²) in [6.45, 7) is 0.130. The Morgan fingerprint density at radius 1 is 1.11 bits per heavy atom. The van der Waals surface area contributed by atoms with Gasteiger partial charge in [-0.1, -0.05) is 6.07 Å². The number of amides is 1. The third-order valence-corrected chi connectivity index (χ3v) is 4.19. The van der Waals surface area contributed by atoms with Crippen LogP contribution >= 0.6 is 0 Å². The summed E-state index contributed by atoms with van der Waals surface area (Å²) < 4.78 is 28.4. The van der Waals surface area contributed by atoms with Gasteiger partial charge in [-0.15, -0.1) is 0 Å². The smallest absolute Gasteiger partial charge is 0.257 e. The first-order valence-electron chi connectivity index (χ1n) is 8.36. The summed E-state index contributed by atoms with van der Waals surface area (Å²) in [5, 5.41) is 5.57. The highest BCUT2D eigenvalue weighted by atomic mass is 19.1. The molecule has 0 unspecified atom stereocenters. The molecule has 0 radical (unpaired) electrons. The van der Waals surface area contributed by atoms with Crippen LogP contribution in [0, 0.1) is 11.6 Å². The average molecular weight is 381 g/mol. The van der Waals surface area contributed by atoms with E-state index in [1.807, 2.05) is 0 Å². The summed E-state index contributed by atoms with van der Waals surface area (Å²) in [5.74, 6) is -2.05. The van der Waals surface area contributed by atoms with Crippen molar-refractivity contribution < 1.29 is 18.4 Å². The number of carbonyl (C=O) groups is 2. The SMILES string of the molecule is O=CCc1ccc(Nc2nc(-c3c(F)cccc3F)nc3c2C(=O)NC3)cn1. The minimum absolute atomic E-state index is 0.114. The Morgan fingerprint density at radius 3 is 2.57 bits per heavy atom. The first-order valence-corrected chi connectivity index (χ1v) is 8.36. The maximum Gasteiger partial charge on any atom is 0.257 e. The van der Waals surface area contributed by atoms with Crippen molar-refractivity contribution in [2.75, 3.05) is 5.32 Å². The maximum absolute atomic E-state index is 14.2. The molecule has 9 heteroatoms. The molecule has 1 aromatic carbocycles. The Bertz CT molecular complexity index is 1070. The molecule has 0 bridgehead atoms. The van der Waals surface area contributed by atoms with Gasteiger partial charge < -0.3 is 15.4 Å². The quantitative estimate of drug-likeness (QED) is 0.660. The lowest BCUT2D eigenvalue weighted by molar-refractivity contribution is -0.107. The topological polar surface area (TPSA) is 96.9 Å². The number of hydrogen-bond acceptors (Lipinski definition) is 6. The number of pyridine rings is 1. The lowest BCUT2D eigenvalue weighted by Crippen LogP contribution is -2.14. The average Bonchev–Trinajstić information content (AvgIpc) is 3.05. The van der Waals surface area contributed by atoms with Gasteiger partial charge in [0, 0.05) is 12.1 Å². The Balaban J connectivity index is 1.79. The minimum Gasteiger partial charge on any atom is -0.346 e. The highest BCUT2D eigenvalue weighted by molar-refractivity contribution is 6.03. The number of halogens is 2. The van der Waals surface area contributed by atoms with Crippen LogP contribution in [0.15, 0.2) is 36.5 Å². The normalized spacial score (nSPS) is 12.4. The van der Waals surface area contributed by atoms with Gasteiger partial charge in [-0.2, -0.15) is 0 Å². The van der Waals surface area contributed by atoms with Crippen molar-refractivity contribution in [2.45, 2.75) is 13.0 Å². The van der Waals surface area contributed by atoms with Gasteiger partial charge in [-0.3, -0.25) is 9.78 Å². The molecule has 140 valence electrons. The van der Waals surface area contributed by atoms with E-state index >= 15 is 0 Å². The number of aldehydes is 1. The minimum atomic E-state index is -0.803. The number of nitrogens with one attached hydrogen (secondary N) is 2. The second kappa shape index (κ2) is 7.10. The van der Waals surface area contributed by atoms with Crippen LogP contribution in [0.1, 0.15) is 21.7 Å². The van der Waals surface area contributed by atoms with E-state index in [1.165, 1.54) is 12.3 Å². The zero-order chi connectivity index (χ0) is 19.7. The van der Waals surface area contributed by atoms with E-state index in [-0.39, 0.29) is 41.6 Å². The molecule has 0 fully saturated rings. The van der Waals surface area contributed by atoms with Crippen molar-refractivity contribution in [3.05, 3.63) is 65.1 Å². The van der Waals surface area contributed by atoms with Crippen molar-refractivity contribution in [1.29, 1.82) is 0 Å². The molecule has 1 aliphatic heterocycles. The standard InChI is InChI=1S/C19H13F2N5O2/c20-12-2-1-3-13(21)15(12)17-25-14-9-23-19(28)16(14)18(26-17)24-11-5-4-10(6-7-27)22-8-11/h1-5,7-8H,6,9H2,(H,23,28)(H,24,25,26). The fourth-order valence-electron chi connectivity index (χ4n) is 2.88. The summed E-state index contributed by atoms with van der Waals surface area (Å²) in [6.07, 6.45) is 2.40. The van der Waals surface area contributed by atoms with E-state index in [9.17, 15) is 18.4 Å². The molecule has 1 aliphatic rings. The lowest BCUT2D eigenvalue weighted by atomic mass is 10.1. The van der Waals surface area contributed by atoms with Gasteiger partial charge >= 0.3 is 0 Å². The van der Waals surface area contributed by atoms with Crippen LogP contribution < -0.4 is 10.6 Å². The third-order valence-electron chi connectivity index (χ3n) is 4.19. The van der Waals surface area contributed by atoms with Crippen molar-refractivity contribution in [2.24, 2.45) is 0 Å². The predicted molar refractivity (Wildman–Crippen MR) is 95.8 cm³/mol. The summed E-state index contributed by atoms with van der Waals surface area (Å²) >= 11 is 0. The van der Waals surface area contributed by atoms with Gasteiger partial charge in [-0.25, -0.2) is 18.7 Å². The Kier molecular flexibility index (Phi) is 4.48. The number of aromatic nitrogens is 3. The second-order valence-corrected chi connectivity index (χ2v) is 6.03. The summed E-state index contributed by atoms with van der Waals surface area (Å²) in [6, 6.07) is 6.78. The molecule has 0 saturated heterocycles. The molecule has 28 heavy (non-hydrogen) atoms. The summed E-state index contributed by atoms with van der Waals surface area (Å²) in [4.78, 5) is 35.2. The van der Waals surface area contributed by atoms with Gasteiger partial charge in [-0.05, 0) is 24.3 Å². The van der Waals surface area contributed by atoms with Crippen molar-refractivity contribution in [3.8, 4) is 11.4 Å². The Hall–Kier alpha value is -3.75. The highest BCUT2D eigenvalue weighted by Gasteiger charge is 2.28. The highest BCUT2D eigenvalue weighted by Crippen LogP contribution is 2.30. The molecule has 1 amide bonds. The number of fused-ring (bicyclic) bond motifs is 1. The number of anilines is 2. The monoisotopic (exact) mass is 381 g/mol. The van der Waals surface area contributed by atoms with Crippen LogP contribution in [-0.2, 0) is 17.8 Å². The largest absolute Gasteiger partial charge is 0.346 e. The molecule has 0 spiro atoms. The predicted octanol–water partition coefficient (Wildman–Crippen LogP) is 2.55. The molecule has 0 saturated carbocycles. The van der Waals surface area contributed by atoms with E-state index < -0.39 is 11.6 Å². The van der Waals surface area contributed by atoms with E-state index in [2.05, 4.69) is 25.6 Å². The van der Waals surface area contributed by atoms with Crippen LogP contribution in [-0.4, -0.2) is 27.1 Å². The van der Waals surface area contributed by atoms with Crippen LogP contribution in [0.3, 0.4) is 0 Å². The molecule has 4 rings (SSSR count). The fourth-order valence-corrected chi connectivity index (χ4v) is 2.88. The Labute approximate surface area is 157 Å². The second-order valence-electron chi connectivity index (χ2n) is 6.03. The van der Waals surface area contributed by atoms with Gasteiger partial charge in [0.1, 0.15) is 29.3 Å². The van der Waals surface area contributed by atoms with Crippen molar-refractivity contribution in [1.82, 2.24) is 20.3 Å². The number of hydrogen-bond donors (Lipinski definition) is 2. The van der Waals surface area contributed by atoms with E-state index in [0.717, 1.165) is 18.4 Å². The molecule has 3 aromatic rings. The van der Waals surface area contributed by atoms with Gasteiger partial charge in [0.15, 0.2) is 5.82 Å². The lowest BCUT2D eigenvalue weighted by Gasteiger charge is -2.12. The van der Waals surface area contributed by atoms with E-state index in [1.54, 1.807) is 12.1 Å². The number of carbonyl (C=O) groups excluding carboxylic acids is 2. The molecule has 2 N–H and O–H groups in total. The first kappa shape index (κ1) is 17.7. The molecule has 0 atom stereocenters. The fraction of sp³-hybridized carbons (Fsp3) is 0.105. The third kappa shape index (κ3) is 3.18. The van der Waals surface area contributed by atoms with E-state index in [0.29, 0.717) is 17.1 Å². The first-order chi connectivity index (χ1) is 13.6. The summed E-state index contributed by atoms with van der Waals surface area (Å²) in [5.41, 5.74) is 1.26. The zero-order valence-corrected chi connectivity index (χ0v) is 14.4. The van der Waals surface area contributed by atoms with Gasteiger partial charge in [0.05, 0.1) is 29.7 Å².